The lowest BCUT2D eigenvalue weighted by Crippen LogP contribution is -2.48. The smallest absolute Gasteiger partial charge is 0.390 e. The molecule has 0 unspecified atom stereocenters. The number of carbonyl (C=O) groups is 1. The molecule has 0 spiro atoms. The third kappa shape index (κ3) is 4.06. The number of anilines is 1. The van der Waals surface area contributed by atoms with Crippen LogP contribution in [0, 0.1) is 19.8 Å². The number of hydrogen-bond donors (Lipinski definition) is 1. The number of nitrogens with two attached hydrogens (primary N) is 1. The Bertz CT molecular complexity index is 1050. The Labute approximate surface area is 177 Å². The lowest BCUT2D eigenvalue weighted by Gasteiger charge is -2.41. The highest BCUT2D eigenvalue weighted by atomic mass is 19.4. The van der Waals surface area contributed by atoms with E-state index in [1.807, 2.05) is 18.7 Å². The minimum absolute atomic E-state index is 0.0197. The summed E-state index contributed by atoms with van der Waals surface area (Å²) in [6, 6.07) is 2.61. The Morgan fingerprint density at radius 1 is 1.29 bits per heavy atom. The van der Waals surface area contributed by atoms with Crippen molar-refractivity contribution in [2.24, 2.45) is 16.6 Å². The molecule has 2 N–H and O–H groups in total. The summed E-state index contributed by atoms with van der Waals surface area (Å²) in [6.45, 7) is 5.91. The maximum atomic E-state index is 12.9. The number of nitrogens with zero attached hydrogens (tertiary/aromatic N) is 5. The van der Waals surface area contributed by atoms with Gasteiger partial charge < -0.3 is 15.5 Å². The molecule has 164 valence electrons. The topological polar surface area (TPSA) is 87.7 Å². The molecule has 1 fully saturated rings. The van der Waals surface area contributed by atoms with Crippen LogP contribution in [0.25, 0.3) is 0 Å². The second-order valence-electron chi connectivity index (χ2n) is 8.00. The van der Waals surface area contributed by atoms with Gasteiger partial charge in [0, 0.05) is 55.1 Å². The minimum Gasteiger partial charge on any atom is -0.390 e. The number of fused-ring (bicyclic) bond motifs is 1. The molecule has 31 heavy (non-hydrogen) atoms. The molecule has 0 radical (unpaired) electrons. The number of rotatable bonds is 4. The van der Waals surface area contributed by atoms with Gasteiger partial charge in [-0.1, -0.05) is 0 Å². The summed E-state index contributed by atoms with van der Waals surface area (Å²) < 4.78 is 38.6. The van der Waals surface area contributed by atoms with E-state index in [2.05, 4.69) is 15.0 Å². The van der Waals surface area contributed by atoms with Crippen molar-refractivity contribution in [3.05, 3.63) is 46.4 Å². The van der Waals surface area contributed by atoms with Crippen molar-refractivity contribution in [1.29, 1.82) is 0 Å². The fraction of sp³-hybridized carbons (Fsp3) is 0.429. The molecule has 2 aliphatic rings. The van der Waals surface area contributed by atoms with Gasteiger partial charge in [0.25, 0.3) is 0 Å². The molecule has 0 aliphatic carbocycles. The predicted octanol–water partition coefficient (Wildman–Crippen LogP) is 3.10. The lowest BCUT2D eigenvalue weighted by molar-refractivity contribution is -0.141. The summed E-state index contributed by atoms with van der Waals surface area (Å²) in [5, 5.41) is 0. The fourth-order valence-corrected chi connectivity index (χ4v) is 4.12. The van der Waals surface area contributed by atoms with Crippen molar-refractivity contribution in [2.45, 2.75) is 39.5 Å². The zero-order valence-corrected chi connectivity index (χ0v) is 17.3. The standard InChI is InChI=1S/C21H23F3N6O/c1-12-13(2)28-20(27-11-25)17-10-30(9-16(12)17)19(31)5-14-7-29(8-14)15-3-4-26-18(6-15)21(22,23)24/h3-4,6,11,14H,5,7-10H2,1-2H3,(H2,25,27,28). The number of pyridine rings is 2. The first-order chi connectivity index (χ1) is 14.7. The number of aryl methyl sites for hydroxylation is 1. The van der Waals surface area contributed by atoms with Gasteiger partial charge in [0.2, 0.25) is 5.91 Å². The summed E-state index contributed by atoms with van der Waals surface area (Å²) in [5.74, 6) is 0.663. The van der Waals surface area contributed by atoms with Crippen molar-refractivity contribution in [1.82, 2.24) is 14.9 Å². The lowest BCUT2D eigenvalue weighted by atomic mass is 9.95. The largest absolute Gasteiger partial charge is 0.433 e. The normalized spacial score (nSPS) is 16.7. The molecule has 0 aromatic carbocycles. The predicted molar refractivity (Wildman–Crippen MR) is 110 cm³/mol. The Balaban J connectivity index is 1.38. The van der Waals surface area contributed by atoms with E-state index in [0.717, 1.165) is 34.6 Å². The summed E-state index contributed by atoms with van der Waals surface area (Å²) >= 11 is 0. The summed E-state index contributed by atoms with van der Waals surface area (Å²) in [6.07, 6.45) is -1.76. The molecule has 1 saturated heterocycles. The van der Waals surface area contributed by atoms with E-state index in [4.69, 9.17) is 5.73 Å². The van der Waals surface area contributed by atoms with Crippen LogP contribution in [0.5, 0.6) is 0 Å². The highest BCUT2D eigenvalue weighted by Crippen LogP contribution is 2.35. The molecule has 2 aromatic heterocycles. The van der Waals surface area contributed by atoms with Crippen LogP contribution < -0.4 is 10.6 Å². The van der Waals surface area contributed by atoms with Gasteiger partial charge in [-0.05, 0) is 37.1 Å². The third-order valence-corrected chi connectivity index (χ3v) is 5.97. The van der Waals surface area contributed by atoms with Crippen LogP contribution >= 0.6 is 0 Å². The van der Waals surface area contributed by atoms with Gasteiger partial charge in [0.15, 0.2) is 5.82 Å². The van der Waals surface area contributed by atoms with E-state index in [1.54, 1.807) is 11.0 Å². The molecule has 10 heteroatoms. The van der Waals surface area contributed by atoms with Crippen LogP contribution in [-0.4, -0.2) is 40.2 Å². The number of carbonyl (C=O) groups excluding carboxylic acids is 1. The number of hydrogen-bond acceptors (Lipinski definition) is 5. The first kappa shape index (κ1) is 21.1. The van der Waals surface area contributed by atoms with Gasteiger partial charge in [0.05, 0.1) is 12.9 Å². The van der Waals surface area contributed by atoms with E-state index < -0.39 is 11.9 Å². The average Bonchev–Trinajstić information content (AvgIpc) is 3.14. The summed E-state index contributed by atoms with van der Waals surface area (Å²) in [7, 11) is 0. The van der Waals surface area contributed by atoms with Crippen molar-refractivity contribution < 1.29 is 18.0 Å². The molecule has 2 aliphatic heterocycles. The van der Waals surface area contributed by atoms with Crippen LogP contribution in [0.3, 0.4) is 0 Å². The Morgan fingerprint density at radius 2 is 2.00 bits per heavy atom. The molecule has 4 heterocycles. The van der Waals surface area contributed by atoms with E-state index in [0.29, 0.717) is 44.1 Å². The molecule has 1 amide bonds. The fourth-order valence-electron chi connectivity index (χ4n) is 4.12. The molecule has 7 nitrogen and oxygen atoms in total. The number of aromatic nitrogens is 2. The second-order valence-corrected chi connectivity index (χ2v) is 8.00. The first-order valence-corrected chi connectivity index (χ1v) is 9.96. The van der Waals surface area contributed by atoms with Crippen molar-refractivity contribution in [3.8, 4) is 0 Å². The molecule has 4 rings (SSSR count). The maximum Gasteiger partial charge on any atom is 0.433 e. The van der Waals surface area contributed by atoms with E-state index in [-0.39, 0.29) is 11.8 Å². The van der Waals surface area contributed by atoms with Gasteiger partial charge in [-0.2, -0.15) is 13.2 Å². The van der Waals surface area contributed by atoms with Crippen LogP contribution in [0.1, 0.15) is 34.5 Å². The van der Waals surface area contributed by atoms with E-state index in [1.165, 1.54) is 6.34 Å². The SMILES string of the molecule is Cc1nc(N=CN)c2c(c1C)CN(C(=O)CC1CN(c3ccnc(C(F)(F)F)c3)C1)C2. The zero-order valence-electron chi connectivity index (χ0n) is 17.3. The van der Waals surface area contributed by atoms with Crippen molar-refractivity contribution in [3.63, 3.8) is 0 Å². The summed E-state index contributed by atoms with van der Waals surface area (Å²) in [5.41, 5.74) is 8.90. The van der Waals surface area contributed by atoms with Gasteiger partial charge in [-0.3, -0.25) is 9.78 Å². The minimum atomic E-state index is -4.47. The van der Waals surface area contributed by atoms with Crippen LogP contribution in [-0.2, 0) is 24.1 Å². The van der Waals surface area contributed by atoms with Gasteiger partial charge in [-0.15, -0.1) is 0 Å². The molecular formula is C21H23F3N6O. The molecular weight excluding hydrogens is 409 g/mol. The first-order valence-electron chi connectivity index (χ1n) is 9.96. The van der Waals surface area contributed by atoms with Gasteiger partial charge in [-0.25, -0.2) is 9.98 Å². The number of amides is 1. The second kappa shape index (κ2) is 7.82. The Morgan fingerprint density at radius 3 is 2.68 bits per heavy atom. The third-order valence-electron chi connectivity index (χ3n) is 5.97. The van der Waals surface area contributed by atoms with Gasteiger partial charge >= 0.3 is 6.18 Å². The van der Waals surface area contributed by atoms with E-state index >= 15 is 0 Å². The number of halogens is 3. The average molecular weight is 432 g/mol. The van der Waals surface area contributed by atoms with Crippen LogP contribution in [0.2, 0.25) is 0 Å². The quantitative estimate of drug-likeness (QED) is 0.593. The zero-order chi connectivity index (χ0) is 22.3. The van der Waals surface area contributed by atoms with Crippen LogP contribution in [0.4, 0.5) is 24.7 Å². The Kier molecular flexibility index (Phi) is 5.32. The number of alkyl halides is 3. The summed E-state index contributed by atoms with van der Waals surface area (Å²) in [4.78, 5) is 28.5. The highest BCUT2D eigenvalue weighted by Gasteiger charge is 2.36. The molecule has 0 bridgehead atoms. The van der Waals surface area contributed by atoms with Crippen LogP contribution in [0.15, 0.2) is 23.3 Å². The molecule has 0 saturated carbocycles. The molecule has 2 aromatic rings. The Hall–Kier alpha value is -3.17. The maximum absolute atomic E-state index is 12.9. The number of aliphatic imine (C=N–C) groups is 1. The van der Waals surface area contributed by atoms with Crippen molar-refractivity contribution in [2.75, 3.05) is 18.0 Å². The van der Waals surface area contributed by atoms with Gasteiger partial charge in [0.1, 0.15) is 5.69 Å². The monoisotopic (exact) mass is 432 g/mol. The highest BCUT2D eigenvalue weighted by molar-refractivity contribution is 5.78. The van der Waals surface area contributed by atoms with Crippen molar-refractivity contribution >= 4 is 23.8 Å². The molecule has 0 atom stereocenters. The van der Waals surface area contributed by atoms with E-state index in [9.17, 15) is 18.0 Å².